The molecular weight excluding hydrogens is 146 g/mol. The highest BCUT2D eigenvalue weighted by molar-refractivity contribution is 5.08. The molecule has 3 atom stereocenters. The maximum Gasteiger partial charge on any atom is 0.0136 e. The number of piperidine rings is 1. The minimum atomic E-state index is 0.399. The quantitative estimate of drug-likeness (QED) is 0.580. The van der Waals surface area contributed by atoms with Gasteiger partial charge in [0.05, 0.1) is 0 Å². The molecule has 0 aromatic rings. The standard InChI is InChI=1S/C11H21N/c1-5-9-6-8-7-10(8)12(9)11(2,3)4/h8-10H,5-7H2,1-4H3. The Bertz CT molecular complexity index is 180. The van der Waals surface area contributed by atoms with Crippen LogP contribution < -0.4 is 0 Å². The van der Waals surface area contributed by atoms with Crippen LogP contribution in [0.25, 0.3) is 0 Å². The summed E-state index contributed by atoms with van der Waals surface area (Å²) in [5, 5.41) is 0. The zero-order valence-electron chi connectivity index (χ0n) is 8.80. The monoisotopic (exact) mass is 167 g/mol. The second kappa shape index (κ2) is 2.47. The van der Waals surface area contributed by atoms with Gasteiger partial charge in [0.15, 0.2) is 0 Å². The third kappa shape index (κ3) is 1.19. The smallest absolute Gasteiger partial charge is 0.0136 e. The Morgan fingerprint density at radius 3 is 2.33 bits per heavy atom. The van der Waals surface area contributed by atoms with Gasteiger partial charge in [0.2, 0.25) is 0 Å². The molecule has 1 saturated heterocycles. The van der Waals surface area contributed by atoms with E-state index in [4.69, 9.17) is 0 Å². The summed E-state index contributed by atoms with van der Waals surface area (Å²) in [5.41, 5.74) is 0.399. The fourth-order valence-corrected chi connectivity index (χ4v) is 2.97. The van der Waals surface area contributed by atoms with Crippen LogP contribution in [-0.2, 0) is 0 Å². The summed E-state index contributed by atoms with van der Waals surface area (Å²) in [7, 11) is 0. The van der Waals surface area contributed by atoms with E-state index in [2.05, 4.69) is 32.6 Å². The average Bonchev–Trinajstić information content (AvgIpc) is 2.58. The second-order valence-electron chi connectivity index (χ2n) is 5.44. The minimum Gasteiger partial charge on any atom is -0.292 e. The van der Waals surface area contributed by atoms with E-state index in [1.54, 1.807) is 0 Å². The molecule has 1 heteroatoms. The first-order chi connectivity index (χ1) is 5.54. The summed E-state index contributed by atoms with van der Waals surface area (Å²) in [5.74, 6) is 1.06. The molecule has 0 aromatic carbocycles. The molecule has 0 N–H and O–H groups in total. The molecule has 70 valence electrons. The van der Waals surface area contributed by atoms with Crippen molar-refractivity contribution < 1.29 is 0 Å². The van der Waals surface area contributed by atoms with Crippen molar-refractivity contribution in [2.24, 2.45) is 5.92 Å². The topological polar surface area (TPSA) is 3.24 Å². The maximum atomic E-state index is 2.76. The highest BCUT2D eigenvalue weighted by Crippen LogP contribution is 2.51. The van der Waals surface area contributed by atoms with Crippen LogP contribution in [-0.4, -0.2) is 22.5 Å². The number of hydrogen-bond donors (Lipinski definition) is 0. The van der Waals surface area contributed by atoms with Crippen LogP contribution in [0.3, 0.4) is 0 Å². The zero-order valence-corrected chi connectivity index (χ0v) is 8.80. The lowest BCUT2D eigenvalue weighted by Crippen LogP contribution is -2.46. The zero-order chi connectivity index (χ0) is 8.93. The fourth-order valence-electron chi connectivity index (χ4n) is 2.97. The number of fused-ring (bicyclic) bond motifs is 1. The Labute approximate surface area is 76.1 Å². The van der Waals surface area contributed by atoms with E-state index in [1.165, 1.54) is 19.3 Å². The van der Waals surface area contributed by atoms with Crippen molar-refractivity contribution in [1.82, 2.24) is 4.90 Å². The Morgan fingerprint density at radius 2 is 1.92 bits per heavy atom. The van der Waals surface area contributed by atoms with Gasteiger partial charge in [-0.2, -0.15) is 0 Å². The molecule has 0 amide bonds. The van der Waals surface area contributed by atoms with Gasteiger partial charge in [-0.25, -0.2) is 0 Å². The van der Waals surface area contributed by atoms with Crippen molar-refractivity contribution in [3.8, 4) is 0 Å². The van der Waals surface area contributed by atoms with E-state index in [1.807, 2.05) is 0 Å². The predicted molar refractivity (Wildman–Crippen MR) is 52.2 cm³/mol. The molecule has 2 fully saturated rings. The number of nitrogens with zero attached hydrogens (tertiary/aromatic N) is 1. The van der Waals surface area contributed by atoms with Crippen LogP contribution in [0.5, 0.6) is 0 Å². The van der Waals surface area contributed by atoms with E-state index in [0.29, 0.717) is 5.54 Å². The van der Waals surface area contributed by atoms with E-state index in [9.17, 15) is 0 Å². The summed E-state index contributed by atoms with van der Waals surface area (Å²) in [6, 6.07) is 1.84. The molecule has 12 heavy (non-hydrogen) atoms. The van der Waals surface area contributed by atoms with E-state index in [0.717, 1.165) is 18.0 Å². The van der Waals surface area contributed by atoms with Gasteiger partial charge in [0.25, 0.3) is 0 Å². The first-order valence-corrected chi connectivity index (χ1v) is 5.32. The third-order valence-corrected chi connectivity index (χ3v) is 3.46. The van der Waals surface area contributed by atoms with Crippen molar-refractivity contribution >= 4 is 0 Å². The van der Waals surface area contributed by atoms with Crippen molar-refractivity contribution in [2.75, 3.05) is 0 Å². The molecule has 2 aliphatic rings. The SMILES string of the molecule is CCC1CC2CC2N1C(C)(C)C. The molecule has 1 aliphatic carbocycles. The van der Waals surface area contributed by atoms with Crippen LogP contribution in [0, 0.1) is 5.92 Å². The number of hydrogen-bond acceptors (Lipinski definition) is 1. The molecule has 0 radical (unpaired) electrons. The van der Waals surface area contributed by atoms with E-state index in [-0.39, 0.29) is 0 Å². The highest BCUT2D eigenvalue weighted by atomic mass is 15.3. The molecule has 1 saturated carbocycles. The molecule has 3 unspecified atom stereocenters. The van der Waals surface area contributed by atoms with Gasteiger partial charge >= 0.3 is 0 Å². The lowest BCUT2D eigenvalue weighted by Gasteiger charge is -2.38. The van der Waals surface area contributed by atoms with Crippen LogP contribution in [0.15, 0.2) is 0 Å². The fraction of sp³-hybridized carbons (Fsp3) is 1.00. The summed E-state index contributed by atoms with van der Waals surface area (Å²) in [4.78, 5) is 2.76. The van der Waals surface area contributed by atoms with Crippen molar-refractivity contribution in [2.45, 2.75) is 64.6 Å². The predicted octanol–water partition coefficient (Wildman–Crippen LogP) is 2.66. The van der Waals surface area contributed by atoms with Crippen LogP contribution in [0.4, 0.5) is 0 Å². The molecule has 0 aromatic heterocycles. The third-order valence-electron chi connectivity index (χ3n) is 3.46. The van der Waals surface area contributed by atoms with Crippen LogP contribution in [0.1, 0.15) is 47.0 Å². The number of rotatable bonds is 1. The first kappa shape index (κ1) is 8.55. The molecule has 0 spiro atoms. The van der Waals surface area contributed by atoms with Crippen molar-refractivity contribution in [1.29, 1.82) is 0 Å². The van der Waals surface area contributed by atoms with Gasteiger partial charge in [0.1, 0.15) is 0 Å². The number of likely N-dealkylation sites (tertiary alicyclic amines) is 1. The molecular formula is C11H21N. The summed E-state index contributed by atoms with van der Waals surface area (Å²) in [6.45, 7) is 9.40. The van der Waals surface area contributed by atoms with Gasteiger partial charge in [-0.05, 0) is 46.0 Å². The molecule has 1 aliphatic heterocycles. The van der Waals surface area contributed by atoms with Gasteiger partial charge in [-0.15, -0.1) is 0 Å². The Morgan fingerprint density at radius 1 is 1.25 bits per heavy atom. The average molecular weight is 167 g/mol. The highest BCUT2D eigenvalue weighted by Gasteiger charge is 2.54. The van der Waals surface area contributed by atoms with Crippen molar-refractivity contribution in [3.63, 3.8) is 0 Å². The summed E-state index contributed by atoms with van der Waals surface area (Å²) >= 11 is 0. The molecule has 2 rings (SSSR count). The lowest BCUT2D eigenvalue weighted by atomic mass is 10.0. The molecule has 1 nitrogen and oxygen atoms in total. The largest absolute Gasteiger partial charge is 0.292 e. The second-order valence-corrected chi connectivity index (χ2v) is 5.44. The van der Waals surface area contributed by atoms with Crippen LogP contribution in [0.2, 0.25) is 0 Å². The van der Waals surface area contributed by atoms with Gasteiger partial charge < -0.3 is 0 Å². The Hall–Kier alpha value is -0.0400. The summed E-state index contributed by atoms with van der Waals surface area (Å²) < 4.78 is 0. The normalized spacial score (nSPS) is 41.5. The van der Waals surface area contributed by atoms with Crippen LogP contribution >= 0.6 is 0 Å². The van der Waals surface area contributed by atoms with Gasteiger partial charge in [-0.3, -0.25) is 4.90 Å². The first-order valence-electron chi connectivity index (χ1n) is 5.32. The Kier molecular flexibility index (Phi) is 1.76. The van der Waals surface area contributed by atoms with Crippen molar-refractivity contribution in [3.05, 3.63) is 0 Å². The van der Waals surface area contributed by atoms with Gasteiger partial charge in [0, 0.05) is 17.6 Å². The molecule has 1 heterocycles. The molecule has 0 bridgehead atoms. The van der Waals surface area contributed by atoms with E-state index < -0.39 is 0 Å². The lowest BCUT2D eigenvalue weighted by molar-refractivity contribution is 0.0934. The van der Waals surface area contributed by atoms with E-state index >= 15 is 0 Å². The minimum absolute atomic E-state index is 0.399. The maximum absolute atomic E-state index is 2.76. The van der Waals surface area contributed by atoms with Gasteiger partial charge in [-0.1, -0.05) is 6.92 Å². The summed E-state index contributed by atoms with van der Waals surface area (Å²) in [6.07, 6.45) is 4.29. The Balaban J connectivity index is 2.11.